The first kappa shape index (κ1) is 72.8. The summed E-state index contributed by atoms with van der Waals surface area (Å²) in [7, 11) is -13.6. The summed E-state index contributed by atoms with van der Waals surface area (Å²) >= 11 is 0. The predicted octanol–water partition coefficient (Wildman–Crippen LogP) is -5.43. The van der Waals surface area contributed by atoms with Crippen molar-refractivity contribution in [3.8, 4) is 22.5 Å². The standard InChI is InChI=1S/C45H49N6O13S2.C3H9NO2.C3H6O.2Na.O3S/c1-22-13-24(3)42(50-44(56)46-18-29(54)20-52)26(5)40(22)48-28-11-12-31-35(15-28)64-36-17-34(49-41-23(2)14-25(4)43(27(41)6)51-45(57)47-19-30(55)21-53)38(66(61,62)63)16-33(36)39(31)32-9-7-8-10-37(32)65(58,59)60;4-1-3(6)2-5;1-3(2)4;;;1-4(2)3/h7-10,12-17,29-30,48,52-55H,18-21H2,1-6H3,(H2,46,50,56)(H2,47,51,57)(H,58,59,60)(H,61,62,63);3,5-6H,1-2,4H2;1-2H3;;;/q-1;;;2*+1;/p-1/i;;1D;;;. The van der Waals surface area contributed by atoms with E-state index in [9.17, 15) is 50.5 Å². The zero-order valence-corrected chi connectivity index (χ0v) is 52.7. The number of anilines is 4. The summed E-state index contributed by atoms with van der Waals surface area (Å²) in [4.78, 5) is 36.8. The topological polar surface area (TPSA) is 451 Å². The van der Waals surface area contributed by atoms with Crippen molar-refractivity contribution in [1.82, 2.24) is 10.6 Å². The third kappa shape index (κ3) is 21.7. The minimum Gasteiger partial charge on any atom is -0.744 e. The summed E-state index contributed by atoms with van der Waals surface area (Å²) in [5, 5.41) is 67.6. The van der Waals surface area contributed by atoms with Gasteiger partial charge >= 0.3 is 81.8 Å². The predicted molar refractivity (Wildman–Crippen MR) is 290 cm³/mol. The number of fused-ring (bicyclic) bond motifs is 2. The van der Waals surface area contributed by atoms with Crippen LogP contribution in [0.25, 0.3) is 33.4 Å². The Balaban J connectivity index is 0.00000180. The fourth-order valence-electron chi connectivity index (χ4n) is 7.76. The van der Waals surface area contributed by atoms with Gasteiger partial charge in [0.05, 0.1) is 60.5 Å². The van der Waals surface area contributed by atoms with Gasteiger partial charge in [0.15, 0.2) is 0 Å². The zero-order chi connectivity index (χ0) is 61.3. The molecule has 1 heterocycles. The van der Waals surface area contributed by atoms with Crippen LogP contribution >= 0.6 is 0 Å². The molecule has 31 heteroatoms. The van der Waals surface area contributed by atoms with Crippen LogP contribution in [0.2, 0.25) is 0 Å². The molecule has 0 bridgehead atoms. The summed E-state index contributed by atoms with van der Waals surface area (Å²) in [6, 6.07) is 15.9. The number of aliphatic hydroxyl groups is 6. The monoisotopic (exact) mass is 1220 g/mol. The van der Waals surface area contributed by atoms with Gasteiger partial charge in [0.25, 0.3) is 0 Å². The van der Waals surface area contributed by atoms with Crippen molar-refractivity contribution in [3.05, 3.63) is 105 Å². The molecule has 436 valence electrons. The van der Waals surface area contributed by atoms with E-state index in [1.54, 1.807) is 46.8 Å². The Bertz CT molecular complexity index is 3640. The number of hydrogen-bond donors (Lipinski definition) is 13. The van der Waals surface area contributed by atoms with Gasteiger partial charge in [-0.3, -0.25) is 0 Å². The number of nitrogens with one attached hydrogen (secondary N) is 6. The molecule has 4 aromatic rings. The number of Topliss-reactive ketones (excluding diaryl/α,β-unsaturated/α-hetero) is 1. The first-order valence-corrected chi connectivity index (χ1v) is 27.4. The molecule has 0 radical (unpaired) electrons. The molecule has 6 rings (SSSR count). The van der Waals surface area contributed by atoms with Crippen LogP contribution in [0.4, 0.5) is 38.0 Å². The second-order valence-electron chi connectivity index (χ2n) is 17.7. The SMILES string of the molecule is Cc1cc(C)c(Nc2[c-]cc3c(-c4ccccc4S(=O)(=O)[O-])c4cc(S(=O)(=O)[O-])c(=[NH+]c5c(C)cc(C)c(NC(=O)NCC(O)CO)c5C)cc-4oc3c2)c(C)c1NC(=O)NCC(O)CO.NCC(O)CO.O=S(=O)=O.[2H]CC(C)=O.[Na+].[Na+]. The molecule has 3 unspecified atom stereocenters. The van der Waals surface area contributed by atoms with E-state index in [4.69, 9.17) is 44.6 Å². The van der Waals surface area contributed by atoms with E-state index in [1.165, 1.54) is 37.3 Å². The second kappa shape index (κ2) is 33.9. The smallest absolute Gasteiger partial charge is 0.744 e. The molecule has 0 fully saturated rings. The molecular formula is C51H63N7Na2O19S3. The fourth-order valence-corrected chi connectivity index (χ4v) is 9.09. The van der Waals surface area contributed by atoms with Crippen molar-refractivity contribution in [2.45, 2.75) is 83.5 Å². The van der Waals surface area contributed by atoms with Gasteiger partial charge in [0.2, 0.25) is 11.0 Å². The molecule has 1 aliphatic heterocycles. The van der Waals surface area contributed by atoms with Gasteiger partial charge in [0, 0.05) is 49.0 Å². The van der Waals surface area contributed by atoms with Gasteiger partial charge in [-0.25, -0.2) is 31.4 Å². The summed E-state index contributed by atoms with van der Waals surface area (Å²) in [5.41, 5.74) is 10.6. The zero-order valence-electron chi connectivity index (χ0n) is 47.2. The molecule has 4 aromatic carbocycles. The van der Waals surface area contributed by atoms with E-state index in [2.05, 4.69) is 37.6 Å². The average Bonchev–Trinajstić information content (AvgIpc) is 2.91. The minimum atomic E-state index is -5.32. The summed E-state index contributed by atoms with van der Waals surface area (Å²) < 4.78 is 116. The van der Waals surface area contributed by atoms with Gasteiger partial charge in [-0.1, -0.05) is 40.9 Å². The van der Waals surface area contributed by atoms with Crippen molar-refractivity contribution in [3.63, 3.8) is 0 Å². The molecule has 0 saturated carbocycles. The van der Waals surface area contributed by atoms with E-state index < -0.39 is 84.2 Å². The molecule has 1 aliphatic carbocycles. The summed E-state index contributed by atoms with van der Waals surface area (Å²) in [6.45, 7) is 10.1. The molecule has 0 aromatic heterocycles. The first-order valence-electron chi connectivity index (χ1n) is 24.3. The van der Waals surface area contributed by atoms with Crippen molar-refractivity contribution in [2.24, 2.45) is 5.73 Å². The number of aliphatic hydroxyl groups excluding tert-OH is 6. The first-order chi connectivity index (χ1) is 37.8. The van der Waals surface area contributed by atoms with E-state index in [-0.39, 0.29) is 137 Å². The van der Waals surface area contributed by atoms with Crippen LogP contribution in [0.5, 0.6) is 0 Å². The molecule has 3 atom stereocenters. The van der Waals surface area contributed by atoms with Crippen LogP contribution in [-0.4, -0.2) is 145 Å². The number of nitrogens with two attached hydrogens (primary N) is 1. The van der Waals surface area contributed by atoms with E-state index in [1.807, 2.05) is 13.0 Å². The van der Waals surface area contributed by atoms with Crippen LogP contribution in [0.3, 0.4) is 0 Å². The van der Waals surface area contributed by atoms with Crippen LogP contribution in [-0.2, 0) is 35.6 Å². The largest absolute Gasteiger partial charge is 1.00 e. The van der Waals surface area contributed by atoms with Gasteiger partial charge in [-0.05, 0) is 101 Å². The minimum absolute atomic E-state index is 0. The van der Waals surface area contributed by atoms with Gasteiger partial charge in [-0.15, -0.1) is 18.7 Å². The maximum Gasteiger partial charge on any atom is 1.00 e. The van der Waals surface area contributed by atoms with Crippen molar-refractivity contribution in [1.29, 1.82) is 0 Å². The number of rotatable bonds is 16. The molecular weight excluding hydrogens is 1160 g/mol. The Morgan fingerprint density at radius 3 is 1.66 bits per heavy atom. The molecule has 0 spiro atoms. The number of carbonyl (C=O) groups is 3. The van der Waals surface area contributed by atoms with Crippen LogP contribution in [0.1, 0.15) is 48.6 Å². The van der Waals surface area contributed by atoms with Gasteiger partial charge in [-0.2, -0.15) is 12.1 Å². The number of amides is 4. The van der Waals surface area contributed by atoms with E-state index >= 15 is 0 Å². The van der Waals surface area contributed by atoms with Crippen LogP contribution < -0.4 is 102 Å². The average molecular weight is 1220 g/mol. The van der Waals surface area contributed by atoms with Crippen molar-refractivity contribution < 1.29 is 153 Å². The molecule has 26 nitrogen and oxygen atoms in total. The number of aryl methyl sites for hydroxylation is 4. The number of carbonyl (C=O) groups excluding carboxylic acids is 3. The number of ketones is 1. The Morgan fingerprint density at radius 1 is 0.720 bits per heavy atom. The normalized spacial score (nSPS) is 12.4. The number of benzene rings is 5. The number of hydrogen-bond acceptors (Lipinski definition) is 21. The quantitative estimate of drug-likeness (QED) is 0.0186. The van der Waals surface area contributed by atoms with Gasteiger partial charge in [0.1, 0.15) is 36.7 Å². The van der Waals surface area contributed by atoms with Gasteiger partial charge < -0.3 is 81.3 Å². The number of urea groups is 2. The Labute approximate surface area is 520 Å². The summed E-state index contributed by atoms with van der Waals surface area (Å²) in [6.07, 6.45) is -3.08. The Hall–Kier alpha value is -5.26. The second-order valence-corrected chi connectivity index (χ2v) is 20.8. The van der Waals surface area contributed by atoms with Crippen LogP contribution in [0.15, 0.2) is 74.9 Å². The third-order valence-corrected chi connectivity index (χ3v) is 13.1. The van der Waals surface area contributed by atoms with E-state index in [0.29, 0.717) is 50.7 Å². The molecule has 82 heavy (non-hydrogen) atoms. The maximum atomic E-state index is 13.1. The van der Waals surface area contributed by atoms with Crippen LogP contribution in [0, 0.1) is 47.6 Å². The molecule has 2 aliphatic rings. The van der Waals surface area contributed by atoms with Crippen molar-refractivity contribution >= 4 is 88.1 Å². The molecule has 0 saturated heterocycles. The molecule has 14 N–H and O–H groups in total. The maximum absolute atomic E-state index is 13.1. The van der Waals surface area contributed by atoms with E-state index in [0.717, 1.165) is 23.3 Å². The fraction of sp³-hybridized carbons (Fsp3) is 0.333. The Kier molecular flexibility index (Phi) is 30.1. The Morgan fingerprint density at radius 2 is 1.20 bits per heavy atom. The summed E-state index contributed by atoms with van der Waals surface area (Å²) in [5.74, 6) is -0.123. The molecule has 4 amide bonds. The third-order valence-electron chi connectivity index (χ3n) is 11.3. The van der Waals surface area contributed by atoms with Crippen molar-refractivity contribution in [2.75, 3.05) is 55.4 Å².